The van der Waals surface area contributed by atoms with Gasteiger partial charge in [-0.25, -0.2) is 0 Å². The summed E-state index contributed by atoms with van der Waals surface area (Å²) >= 11 is 5.89. The van der Waals surface area contributed by atoms with E-state index in [4.69, 9.17) is 11.6 Å². The second-order valence-corrected chi connectivity index (χ2v) is 7.06. The van der Waals surface area contributed by atoms with Crippen LogP contribution >= 0.6 is 11.6 Å². The van der Waals surface area contributed by atoms with Crippen molar-refractivity contribution in [1.82, 2.24) is 15.0 Å². The lowest BCUT2D eigenvalue weighted by atomic mass is 10.1. The van der Waals surface area contributed by atoms with Gasteiger partial charge in [0.1, 0.15) is 11.0 Å². The van der Waals surface area contributed by atoms with Gasteiger partial charge in [0.25, 0.3) is 5.91 Å². The van der Waals surface area contributed by atoms with Crippen LogP contribution in [0.3, 0.4) is 0 Å². The smallest absolute Gasteiger partial charge is 0.255 e. The van der Waals surface area contributed by atoms with Crippen LogP contribution in [-0.4, -0.2) is 20.9 Å². The molecule has 4 aromatic rings. The van der Waals surface area contributed by atoms with Crippen LogP contribution in [-0.2, 0) is 6.42 Å². The van der Waals surface area contributed by atoms with Crippen LogP contribution < -0.4 is 5.32 Å². The van der Waals surface area contributed by atoms with Crippen molar-refractivity contribution in [2.75, 3.05) is 5.32 Å². The van der Waals surface area contributed by atoms with Gasteiger partial charge in [0.15, 0.2) is 0 Å². The van der Waals surface area contributed by atoms with Gasteiger partial charge in [0, 0.05) is 16.3 Å². The van der Waals surface area contributed by atoms with Gasteiger partial charge in [-0.3, -0.25) is 4.79 Å². The van der Waals surface area contributed by atoms with E-state index in [1.54, 1.807) is 29.1 Å². The van der Waals surface area contributed by atoms with E-state index in [0.29, 0.717) is 16.3 Å². The number of nitrogens with zero attached hydrogens (tertiary/aromatic N) is 3. The van der Waals surface area contributed by atoms with E-state index in [2.05, 4.69) is 34.6 Å². The van der Waals surface area contributed by atoms with E-state index in [-0.39, 0.29) is 5.91 Å². The highest BCUT2D eigenvalue weighted by molar-refractivity contribution is 6.30. The van der Waals surface area contributed by atoms with Crippen LogP contribution in [0.15, 0.2) is 60.7 Å². The molecule has 5 nitrogen and oxygen atoms in total. The van der Waals surface area contributed by atoms with Gasteiger partial charge in [-0.2, -0.15) is 4.80 Å². The van der Waals surface area contributed by atoms with Gasteiger partial charge in [-0.05, 0) is 73.0 Å². The zero-order valence-corrected chi connectivity index (χ0v) is 16.4. The lowest BCUT2D eigenvalue weighted by molar-refractivity contribution is 0.102. The number of aromatic nitrogens is 3. The molecule has 0 aliphatic carbocycles. The highest BCUT2D eigenvalue weighted by atomic mass is 35.5. The summed E-state index contributed by atoms with van der Waals surface area (Å²) < 4.78 is 0. The van der Waals surface area contributed by atoms with Crippen molar-refractivity contribution in [2.45, 2.75) is 20.3 Å². The molecule has 0 fully saturated rings. The van der Waals surface area contributed by atoms with Crippen molar-refractivity contribution in [1.29, 1.82) is 0 Å². The Morgan fingerprint density at radius 2 is 1.64 bits per heavy atom. The average Bonchev–Trinajstić information content (AvgIpc) is 3.11. The molecule has 0 radical (unpaired) electrons. The van der Waals surface area contributed by atoms with E-state index in [1.165, 1.54) is 5.56 Å². The Morgan fingerprint density at radius 3 is 2.29 bits per heavy atom. The first-order valence-corrected chi connectivity index (χ1v) is 9.45. The molecular weight excluding hydrogens is 372 g/mol. The predicted octanol–water partition coefficient (Wildman–Crippen LogP) is 5.20. The highest BCUT2D eigenvalue weighted by Crippen LogP contribution is 2.23. The minimum Gasteiger partial charge on any atom is -0.322 e. The summed E-state index contributed by atoms with van der Waals surface area (Å²) in [6.07, 6.45) is 0.991. The molecule has 1 aromatic heterocycles. The fraction of sp³-hybridized carbons (Fsp3) is 0.136. The fourth-order valence-corrected chi connectivity index (χ4v) is 3.10. The molecule has 0 bridgehead atoms. The molecule has 28 heavy (non-hydrogen) atoms. The highest BCUT2D eigenvalue weighted by Gasteiger charge is 2.12. The second kappa shape index (κ2) is 7.44. The minimum absolute atomic E-state index is 0.193. The van der Waals surface area contributed by atoms with E-state index in [9.17, 15) is 4.79 Å². The van der Waals surface area contributed by atoms with Crippen molar-refractivity contribution in [3.8, 4) is 5.69 Å². The standard InChI is InChI=1S/C22H19ClN4O/c1-3-15-4-10-18(11-5-15)27-25-20-12-14(2)19(13-21(20)26-27)24-22(28)16-6-8-17(23)9-7-16/h4-13H,3H2,1-2H3,(H,24,28). The number of halogens is 1. The maximum Gasteiger partial charge on any atom is 0.255 e. The first-order chi connectivity index (χ1) is 13.5. The third-order valence-corrected chi connectivity index (χ3v) is 4.91. The summed E-state index contributed by atoms with van der Waals surface area (Å²) in [4.78, 5) is 14.1. The zero-order chi connectivity index (χ0) is 19.7. The summed E-state index contributed by atoms with van der Waals surface area (Å²) in [7, 11) is 0. The SMILES string of the molecule is CCc1ccc(-n2nc3cc(C)c(NC(=O)c4ccc(Cl)cc4)cc3n2)cc1. The molecule has 0 aliphatic rings. The summed E-state index contributed by atoms with van der Waals surface area (Å²) in [5, 5.41) is 12.7. The largest absolute Gasteiger partial charge is 0.322 e. The van der Waals surface area contributed by atoms with Crippen LogP contribution in [0.2, 0.25) is 5.02 Å². The third kappa shape index (κ3) is 3.62. The lowest BCUT2D eigenvalue weighted by Crippen LogP contribution is -2.12. The van der Waals surface area contributed by atoms with Gasteiger partial charge < -0.3 is 5.32 Å². The molecule has 4 rings (SSSR count). The number of nitrogens with one attached hydrogen (secondary N) is 1. The van der Waals surface area contributed by atoms with Crippen LogP contribution in [0.1, 0.15) is 28.4 Å². The number of carbonyl (C=O) groups is 1. The molecule has 0 unspecified atom stereocenters. The van der Waals surface area contributed by atoms with Crippen LogP contribution in [0.5, 0.6) is 0 Å². The molecule has 0 spiro atoms. The fourth-order valence-electron chi connectivity index (χ4n) is 2.98. The maximum absolute atomic E-state index is 12.5. The normalized spacial score (nSPS) is 11.0. The molecule has 1 N–H and O–H groups in total. The molecule has 3 aromatic carbocycles. The molecule has 0 saturated carbocycles. The molecule has 0 aliphatic heterocycles. The zero-order valence-electron chi connectivity index (χ0n) is 15.6. The number of aryl methyl sites for hydroxylation is 2. The molecule has 1 amide bonds. The average molecular weight is 391 g/mol. The molecule has 6 heteroatoms. The number of hydrogen-bond acceptors (Lipinski definition) is 3. The Balaban J connectivity index is 1.63. The van der Waals surface area contributed by atoms with Gasteiger partial charge in [0.05, 0.1) is 5.69 Å². The number of carbonyl (C=O) groups excluding carboxylic acids is 1. The van der Waals surface area contributed by atoms with Gasteiger partial charge >= 0.3 is 0 Å². The molecule has 140 valence electrons. The van der Waals surface area contributed by atoms with Crippen LogP contribution in [0.4, 0.5) is 5.69 Å². The van der Waals surface area contributed by atoms with Crippen molar-refractivity contribution in [3.63, 3.8) is 0 Å². The topological polar surface area (TPSA) is 59.8 Å². The quantitative estimate of drug-likeness (QED) is 0.521. The summed E-state index contributed by atoms with van der Waals surface area (Å²) in [6, 6.07) is 18.7. The summed E-state index contributed by atoms with van der Waals surface area (Å²) in [5.74, 6) is -0.193. The lowest BCUT2D eigenvalue weighted by Gasteiger charge is -2.08. The Kier molecular flexibility index (Phi) is 4.84. The van der Waals surface area contributed by atoms with E-state index >= 15 is 0 Å². The monoisotopic (exact) mass is 390 g/mol. The molecule has 0 atom stereocenters. The van der Waals surface area contributed by atoms with E-state index in [0.717, 1.165) is 28.7 Å². The Labute approximate surface area is 167 Å². The van der Waals surface area contributed by atoms with Crippen molar-refractivity contribution in [2.24, 2.45) is 0 Å². The number of hydrogen-bond donors (Lipinski definition) is 1. The van der Waals surface area contributed by atoms with Gasteiger partial charge in [-0.15, -0.1) is 10.2 Å². The Hall–Kier alpha value is -3.18. The Morgan fingerprint density at radius 1 is 1.00 bits per heavy atom. The molecule has 0 saturated heterocycles. The Bertz CT molecular complexity index is 1150. The second-order valence-electron chi connectivity index (χ2n) is 6.63. The first kappa shape index (κ1) is 18.2. The van der Waals surface area contributed by atoms with Gasteiger partial charge in [0.2, 0.25) is 0 Å². The van der Waals surface area contributed by atoms with Crippen LogP contribution in [0, 0.1) is 6.92 Å². The van der Waals surface area contributed by atoms with E-state index in [1.807, 2.05) is 31.2 Å². The van der Waals surface area contributed by atoms with Crippen molar-refractivity contribution < 1.29 is 4.79 Å². The van der Waals surface area contributed by atoms with Crippen molar-refractivity contribution >= 4 is 34.2 Å². The predicted molar refractivity (Wildman–Crippen MR) is 112 cm³/mol. The maximum atomic E-state index is 12.5. The molecular formula is C22H19ClN4O. The first-order valence-electron chi connectivity index (χ1n) is 9.07. The summed E-state index contributed by atoms with van der Waals surface area (Å²) in [5.41, 5.74) is 5.84. The third-order valence-electron chi connectivity index (χ3n) is 4.66. The van der Waals surface area contributed by atoms with Gasteiger partial charge in [-0.1, -0.05) is 30.7 Å². The summed E-state index contributed by atoms with van der Waals surface area (Å²) in [6.45, 7) is 4.06. The number of benzene rings is 3. The number of amides is 1. The van der Waals surface area contributed by atoms with E-state index < -0.39 is 0 Å². The minimum atomic E-state index is -0.193. The van der Waals surface area contributed by atoms with Crippen molar-refractivity contribution in [3.05, 3.63) is 82.4 Å². The number of rotatable bonds is 4. The van der Waals surface area contributed by atoms with Crippen LogP contribution in [0.25, 0.3) is 16.7 Å². The molecule has 1 heterocycles. The number of fused-ring (bicyclic) bond motifs is 1. The number of anilines is 1.